The number of aromatic amines is 1. The standard InChI is InChI=1S/C11H17N3O5S/c1-7(2)13-10(15)6-14(3)20(18,19)8-4-9(11(16)17)12-5-8/h4-5,7,12H,6H2,1-3H3,(H,13,15)(H,16,17). The smallest absolute Gasteiger partial charge is 0.352 e. The monoisotopic (exact) mass is 303 g/mol. The summed E-state index contributed by atoms with van der Waals surface area (Å²) in [4.78, 5) is 24.4. The molecule has 8 nitrogen and oxygen atoms in total. The average Bonchev–Trinajstić information content (AvgIpc) is 2.77. The fourth-order valence-corrected chi connectivity index (χ4v) is 2.60. The van der Waals surface area contributed by atoms with Crippen LogP contribution < -0.4 is 5.32 Å². The third-order valence-electron chi connectivity index (χ3n) is 2.41. The van der Waals surface area contributed by atoms with E-state index in [-0.39, 0.29) is 23.2 Å². The van der Waals surface area contributed by atoms with Gasteiger partial charge in [-0.25, -0.2) is 13.2 Å². The Morgan fingerprint density at radius 2 is 2.05 bits per heavy atom. The van der Waals surface area contributed by atoms with Gasteiger partial charge in [-0.3, -0.25) is 4.79 Å². The zero-order chi connectivity index (χ0) is 15.5. The van der Waals surface area contributed by atoms with Crippen LogP contribution in [-0.4, -0.2) is 54.3 Å². The second-order valence-corrected chi connectivity index (χ2v) is 6.58. The van der Waals surface area contributed by atoms with Gasteiger partial charge in [-0.2, -0.15) is 4.31 Å². The van der Waals surface area contributed by atoms with Crippen LogP contribution in [0.5, 0.6) is 0 Å². The zero-order valence-electron chi connectivity index (χ0n) is 11.4. The minimum absolute atomic E-state index is 0.0931. The maximum atomic E-state index is 12.1. The van der Waals surface area contributed by atoms with Crippen molar-refractivity contribution in [1.29, 1.82) is 0 Å². The van der Waals surface area contributed by atoms with Crippen molar-refractivity contribution < 1.29 is 23.1 Å². The summed E-state index contributed by atoms with van der Waals surface area (Å²) in [6.07, 6.45) is 1.08. The lowest BCUT2D eigenvalue weighted by atomic mass is 10.4. The number of nitrogens with zero attached hydrogens (tertiary/aromatic N) is 1. The van der Waals surface area contributed by atoms with Crippen LogP contribution in [0.25, 0.3) is 0 Å². The number of hydrogen-bond acceptors (Lipinski definition) is 4. The quantitative estimate of drug-likeness (QED) is 0.675. The number of amides is 1. The highest BCUT2D eigenvalue weighted by Gasteiger charge is 2.25. The Morgan fingerprint density at radius 1 is 1.45 bits per heavy atom. The van der Waals surface area contributed by atoms with Crippen LogP contribution in [-0.2, 0) is 14.8 Å². The van der Waals surface area contributed by atoms with Gasteiger partial charge in [0.2, 0.25) is 15.9 Å². The zero-order valence-corrected chi connectivity index (χ0v) is 12.2. The highest BCUT2D eigenvalue weighted by Crippen LogP contribution is 2.15. The molecule has 0 fully saturated rings. The molecular weight excluding hydrogens is 286 g/mol. The minimum atomic E-state index is -3.90. The van der Waals surface area contributed by atoms with Crippen LogP contribution in [0.4, 0.5) is 0 Å². The lowest BCUT2D eigenvalue weighted by molar-refractivity contribution is -0.121. The van der Waals surface area contributed by atoms with Crippen LogP contribution >= 0.6 is 0 Å². The van der Waals surface area contributed by atoms with Crippen molar-refractivity contribution in [3.63, 3.8) is 0 Å². The molecule has 0 unspecified atom stereocenters. The molecule has 0 spiro atoms. The predicted molar refractivity (Wildman–Crippen MR) is 70.8 cm³/mol. The summed E-state index contributed by atoms with van der Waals surface area (Å²) >= 11 is 0. The van der Waals surface area contributed by atoms with Gasteiger partial charge < -0.3 is 15.4 Å². The Labute approximate surface area is 116 Å². The third kappa shape index (κ3) is 3.81. The molecule has 0 saturated heterocycles. The Kier molecular flexibility index (Phi) is 4.90. The van der Waals surface area contributed by atoms with Crippen molar-refractivity contribution in [2.75, 3.05) is 13.6 Å². The van der Waals surface area contributed by atoms with E-state index in [9.17, 15) is 18.0 Å². The first-order valence-corrected chi connectivity index (χ1v) is 7.26. The third-order valence-corrected chi connectivity index (χ3v) is 4.19. The summed E-state index contributed by atoms with van der Waals surface area (Å²) in [7, 11) is -2.65. The number of aromatic nitrogens is 1. The van der Waals surface area contributed by atoms with Gasteiger partial charge in [0.1, 0.15) is 10.6 Å². The van der Waals surface area contributed by atoms with Crippen molar-refractivity contribution in [2.24, 2.45) is 0 Å². The first kappa shape index (κ1) is 16.2. The normalized spacial score (nSPS) is 11.8. The molecule has 1 rings (SSSR count). The predicted octanol–water partition coefficient (Wildman–Crippen LogP) is -0.142. The van der Waals surface area contributed by atoms with Gasteiger partial charge in [-0.1, -0.05) is 0 Å². The molecular formula is C11H17N3O5S. The maximum Gasteiger partial charge on any atom is 0.352 e. The van der Waals surface area contributed by atoms with E-state index in [2.05, 4.69) is 10.3 Å². The van der Waals surface area contributed by atoms with Crippen molar-refractivity contribution in [3.05, 3.63) is 18.0 Å². The molecule has 0 aliphatic carbocycles. The van der Waals surface area contributed by atoms with Gasteiger partial charge in [0.15, 0.2) is 0 Å². The fourth-order valence-electron chi connectivity index (χ4n) is 1.48. The van der Waals surface area contributed by atoms with E-state index in [1.807, 2.05) is 0 Å². The van der Waals surface area contributed by atoms with E-state index < -0.39 is 21.9 Å². The molecule has 0 atom stereocenters. The molecule has 0 aromatic carbocycles. The Bertz CT molecular complexity index is 605. The van der Waals surface area contributed by atoms with Crippen LogP contribution in [0.2, 0.25) is 0 Å². The Hall–Kier alpha value is -1.87. The lowest BCUT2D eigenvalue weighted by Crippen LogP contribution is -2.40. The van der Waals surface area contributed by atoms with Gasteiger partial charge in [-0.15, -0.1) is 0 Å². The molecule has 0 bridgehead atoms. The number of carbonyl (C=O) groups is 2. The summed E-state index contributed by atoms with van der Waals surface area (Å²) in [6.45, 7) is 3.18. The van der Waals surface area contributed by atoms with E-state index >= 15 is 0 Å². The second kappa shape index (κ2) is 6.06. The molecule has 20 heavy (non-hydrogen) atoms. The Morgan fingerprint density at radius 3 is 2.50 bits per heavy atom. The van der Waals surface area contributed by atoms with Crippen molar-refractivity contribution in [3.8, 4) is 0 Å². The van der Waals surface area contributed by atoms with E-state index in [0.717, 1.165) is 16.6 Å². The lowest BCUT2D eigenvalue weighted by Gasteiger charge is -2.16. The van der Waals surface area contributed by atoms with Gasteiger partial charge >= 0.3 is 5.97 Å². The van der Waals surface area contributed by atoms with Gasteiger partial charge in [0, 0.05) is 19.3 Å². The van der Waals surface area contributed by atoms with Gasteiger partial charge in [0.05, 0.1) is 6.54 Å². The Balaban J connectivity index is 2.86. The first-order valence-electron chi connectivity index (χ1n) is 5.82. The fraction of sp³-hybridized carbons (Fsp3) is 0.455. The maximum absolute atomic E-state index is 12.1. The molecule has 0 aliphatic rings. The number of carbonyl (C=O) groups excluding carboxylic acids is 1. The molecule has 112 valence electrons. The summed E-state index contributed by atoms with van der Waals surface area (Å²) in [5.41, 5.74) is -0.233. The van der Waals surface area contributed by atoms with Gasteiger partial charge in [-0.05, 0) is 19.9 Å². The largest absolute Gasteiger partial charge is 0.477 e. The second-order valence-electron chi connectivity index (χ2n) is 4.54. The van der Waals surface area contributed by atoms with Crippen molar-refractivity contribution >= 4 is 21.9 Å². The molecule has 0 saturated carbocycles. The molecule has 3 N–H and O–H groups in total. The number of sulfonamides is 1. The summed E-state index contributed by atoms with van der Waals surface area (Å²) < 4.78 is 25.1. The van der Waals surface area contributed by atoms with Crippen LogP contribution in [0.3, 0.4) is 0 Å². The molecule has 0 aliphatic heterocycles. The topological polar surface area (TPSA) is 120 Å². The molecule has 0 radical (unpaired) electrons. The average molecular weight is 303 g/mol. The highest BCUT2D eigenvalue weighted by atomic mass is 32.2. The number of nitrogens with one attached hydrogen (secondary N) is 2. The molecule has 1 aromatic heterocycles. The first-order chi connectivity index (χ1) is 9.14. The van der Waals surface area contributed by atoms with Crippen LogP contribution in [0.1, 0.15) is 24.3 Å². The van der Waals surface area contributed by atoms with E-state index in [1.54, 1.807) is 13.8 Å². The minimum Gasteiger partial charge on any atom is -0.477 e. The SMILES string of the molecule is CC(C)NC(=O)CN(C)S(=O)(=O)c1c[nH]c(C(=O)O)c1. The molecule has 9 heteroatoms. The molecule has 1 aromatic rings. The summed E-state index contributed by atoms with van der Waals surface area (Å²) in [5, 5.41) is 11.3. The van der Waals surface area contributed by atoms with Gasteiger partial charge in [0.25, 0.3) is 0 Å². The van der Waals surface area contributed by atoms with Crippen molar-refractivity contribution in [2.45, 2.75) is 24.8 Å². The number of rotatable bonds is 6. The van der Waals surface area contributed by atoms with Crippen molar-refractivity contribution in [1.82, 2.24) is 14.6 Å². The number of likely N-dealkylation sites (N-methyl/N-ethyl adjacent to an activating group) is 1. The van der Waals surface area contributed by atoms with Crippen LogP contribution in [0.15, 0.2) is 17.2 Å². The number of hydrogen-bond donors (Lipinski definition) is 3. The molecule has 1 amide bonds. The van der Waals surface area contributed by atoms with Crippen LogP contribution in [0, 0.1) is 0 Å². The number of carboxylic acids is 1. The van der Waals surface area contributed by atoms with E-state index in [0.29, 0.717) is 0 Å². The highest BCUT2D eigenvalue weighted by molar-refractivity contribution is 7.89. The number of aromatic carboxylic acids is 1. The number of carboxylic acid groups (broad SMARTS) is 1. The summed E-state index contributed by atoms with van der Waals surface area (Å²) in [5.74, 6) is -1.69. The van der Waals surface area contributed by atoms with E-state index in [1.165, 1.54) is 7.05 Å². The number of H-pyrrole nitrogens is 1. The molecule has 1 heterocycles. The van der Waals surface area contributed by atoms with E-state index in [4.69, 9.17) is 5.11 Å². The summed E-state index contributed by atoms with van der Waals surface area (Å²) in [6, 6.07) is 0.915.